The molecule has 1 amide bonds. The standard InChI is InChI=1S/C11H19N3O2S.ClH/c1-7-8(2)17-10(16)14(7)5-9(15)13-11(3,4)6-12;/h5-6,12H2,1-4H3,(H,13,15);1H. The topological polar surface area (TPSA) is 77.1 Å². The summed E-state index contributed by atoms with van der Waals surface area (Å²) in [5.41, 5.74) is 5.93. The van der Waals surface area contributed by atoms with E-state index in [0.29, 0.717) is 6.54 Å². The van der Waals surface area contributed by atoms with Crippen molar-refractivity contribution in [1.82, 2.24) is 9.88 Å². The van der Waals surface area contributed by atoms with Crippen molar-refractivity contribution in [2.24, 2.45) is 5.73 Å². The third-order valence-electron chi connectivity index (χ3n) is 2.67. The van der Waals surface area contributed by atoms with Crippen LogP contribution in [-0.4, -0.2) is 22.6 Å². The number of hydrogen-bond acceptors (Lipinski definition) is 4. The third-order valence-corrected chi connectivity index (χ3v) is 3.66. The van der Waals surface area contributed by atoms with Crippen LogP contribution >= 0.6 is 23.7 Å². The van der Waals surface area contributed by atoms with Gasteiger partial charge in [-0.1, -0.05) is 11.3 Å². The molecule has 1 heterocycles. The number of amides is 1. The first kappa shape index (κ1) is 17.2. The summed E-state index contributed by atoms with van der Waals surface area (Å²) in [5, 5.41) is 2.80. The van der Waals surface area contributed by atoms with Crippen LogP contribution < -0.4 is 15.9 Å². The summed E-state index contributed by atoms with van der Waals surface area (Å²) < 4.78 is 1.49. The molecule has 0 radical (unpaired) electrons. The number of rotatable bonds is 4. The molecule has 0 spiro atoms. The van der Waals surface area contributed by atoms with Crippen LogP contribution in [0.2, 0.25) is 0 Å². The Bertz CT molecular complexity index is 479. The van der Waals surface area contributed by atoms with Gasteiger partial charge in [-0.2, -0.15) is 0 Å². The first-order chi connectivity index (χ1) is 7.76. The minimum absolute atomic E-state index is 0. The van der Waals surface area contributed by atoms with Crippen LogP contribution in [0.4, 0.5) is 0 Å². The maximum Gasteiger partial charge on any atom is 0.308 e. The molecule has 7 heteroatoms. The summed E-state index contributed by atoms with van der Waals surface area (Å²) in [7, 11) is 0. The maximum atomic E-state index is 11.8. The highest BCUT2D eigenvalue weighted by molar-refractivity contribution is 7.09. The van der Waals surface area contributed by atoms with Crippen molar-refractivity contribution in [3.05, 3.63) is 20.2 Å². The maximum absolute atomic E-state index is 11.8. The van der Waals surface area contributed by atoms with Crippen molar-refractivity contribution < 1.29 is 4.79 Å². The van der Waals surface area contributed by atoms with Gasteiger partial charge < -0.3 is 11.1 Å². The number of aromatic nitrogens is 1. The Morgan fingerprint density at radius 2 is 2.00 bits per heavy atom. The zero-order valence-corrected chi connectivity index (χ0v) is 12.7. The van der Waals surface area contributed by atoms with Gasteiger partial charge in [0, 0.05) is 22.7 Å². The Labute approximate surface area is 117 Å². The Hall–Kier alpha value is -0.850. The number of aryl methyl sites for hydroxylation is 1. The highest BCUT2D eigenvalue weighted by Crippen LogP contribution is 2.09. The minimum Gasteiger partial charge on any atom is -0.348 e. The number of carbonyl (C=O) groups is 1. The van der Waals surface area contributed by atoms with Crippen LogP contribution in [0.3, 0.4) is 0 Å². The number of nitrogens with zero attached hydrogens (tertiary/aromatic N) is 1. The molecule has 0 aliphatic carbocycles. The van der Waals surface area contributed by atoms with Gasteiger partial charge in [-0.05, 0) is 27.7 Å². The fourth-order valence-corrected chi connectivity index (χ4v) is 2.21. The monoisotopic (exact) mass is 293 g/mol. The highest BCUT2D eigenvalue weighted by Gasteiger charge is 2.19. The summed E-state index contributed by atoms with van der Waals surface area (Å²) in [6, 6.07) is 0. The first-order valence-corrected chi connectivity index (χ1v) is 6.26. The van der Waals surface area contributed by atoms with Gasteiger partial charge in [-0.3, -0.25) is 14.2 Å². The Morgan fingerprint density at radius 3 is 2.39 bits per heavy atom. The van der Waals surface area contributed by atoms with Gasteiger partial charge in [0.05, 0.1) is 0 Å². The third kappa shape index (κ3) is 4.12. The molecule has 104 valence electrons. The van der Waals surface area contributed by atoms with Gasteiger partial charge in [0.1, 0.15) is 6.54 Å². The lowest BCUT2D eigenvalue weighted by molar-refractivity contribution is -0.123. The summed E-state index contributed by atoms with van der Waals surface area (Å²) in [5.74, 6) is -0.191. The fourth-order valence-electron chi connectivity index (χ4n) is 1.38. The Kier molecular flexibility index (Phi) is 6.06. The molecule has 3 N–H and O–H groups in total. The highest BCUT2D eigenvalue weighted by atomic mass is 35.5. The van der Waals surface area contributed by atoms with E-state index >= 15 is 0 Å². The number of nitrogens with two attached hydrogens (primary N) is 1. The lowest BCUT2D eigenvalue weighted by atomic mass is 10.1. The molecule has 0 saturated heterocycles. The van der Waals surface area contributed by atoms with Crippen molar-refractivity contribution in [2.45, 2.75) is 39.8 Å². The van der Waals surface area contributed by atoms with Crippen LogP contribution in [0.5, 0.6) is 0 Å². The first-order valence-electron chi connectivity index (χ1n) is 5.45. The Balaban J connectivity index is 0.00000289. The number of halogens is 1. The number of hydrogen-bond donors (Lipinski definition) is 2. The molecule has 0 fully saturated rings. The molecule has 0 aliphatic heterocycles. The molecule has 1 rings (SSSR count). The van der Waals surface area contributed by atoms with Crippen molar-refractivity contribution in [3.63, 3.8) is 0 Å². The minimum atomic E-state index is -0.445. The predicted molar refractivity (Wildman–Crippen MR) is 76.6 cm³/mol. The molecule has 0 saturated carbocycles. The summed E-state index contributed by atoms with van der Waals surface area (Å²) in [4.78, 5) is 24.2. The summed E-state index contributed by atoms with van der Waals surface area (Å²) in [6.45, 7) is 7.82. The molecule has 0 aliphatic rings. The van der Waals surface area contributed by atoms with E-state index in [4.69, 9.17) is 5.73 Å². The van der Waals surface area contributed by atoms with Gasteiger partial charge >= 0.3 is 4.87 Å². The van der Waals surface area contributed by atoms with Crippen LogP contribution in [0.15, 0.2) is 4.79 Å². The predicted octanol–water partition coefficient (Wildman–Crippen LogP) is 0.802. The summed E-state index contributed by atoms with van der Waals surface area (Å²) in [6.07, 6.45) is 0. The zero-order valence-electron chi connectivity index (χ0n) is 11.1. The van der Waals surface area contributed by atoms with Crippen LogP contribution in [-0.2, 0) is 11.3 Å². The van der Waals surface area contributed by atoms with E-state index in [2.05, 4.69) is 5.32 Å². The van der Waals surface area contributed by atoms with Crippen molar-refractivity contribution in [2.75, 3.05) is 6.54 Å². The fraction of sp³-hybridized carbons (Fsp3) is 0.636. The normalized spacial score (nSPS) is 10.9. The number of carbonyl (C=O) groups excluding carboxylic acids is 1. The second-order valence-electron chi connectivity index (χ2n) is 4.73. The van der Waals surface area contributed by atoms with E-state index < -0.39 is 5.54 Å². The van der Waals surface area contributed by atoms with Gasteiger partial charge in [-0.15, -0.1) is 12.4 Å². The molecule has 18 heavy (non-hydrogen) atoms. The van der Waals surface area contributed by atoms with Crippen LogP contribution in [0.1, 0.15) is 24.4 Å². The van der Waals surface area contributed by atoms with E-state index in [1.54, 1.807) is 0 Å². The van der Waals surface area contributed by atoms with E-state index in [-0.39, 0.29) is 29.7 Å². The van der Waals surface area contributed by atoms with E-state index in [1.165, 1.54) is 4.57 Å². The lowest BCUT2D eigenvalue weighted by Gasteiger charge is -2.24. The molecule has 0 atom stereocenters. The van der Waals surface area contributed by atoms with Gasteiger partial charge in [0.15, 0.2) is 0 Å². The Morgan fingerprint density at radius 1 is 1.44 bits per heavy atom. The molecule has 1 aromatic heterocycles. The smallest absolute Gasteiger partial charge is 0.308 e. The van der Waals surface area contributed by atoms with Crippen molar-refractivity contribution in [3.8, 4) is 0 Å². The van der Waals surface area contributed by atoms with Gasteiger partial charge in [0.2, 0.25) is 5.91 Å². The van der Waals surface area contributed by atoms with E-state index in [0.717, 1.165) is 21.9 Å². The molecular formula is C11H20ClN3O2S. The molecular weight excluding hydrogens is 274 g/mol. The summed E-state index contributed by atoms with van der Waals surface area (Å²) >= 11 is 1.16. The average Bonchev–Trinajstić information content (AvgIpc) is 2.44. The van der Waals surface area contributed by atoms with Gasteiger partial charge in [0.25, 0.3) is 0 Å². The number of nitrogens with one attached hydrogen (secondary N) is 1. The second-order valence-corrected chi connectivity index (χ2v) is 5.90. The van der Waals surface area contributed by atoms with Crippen LogP contribution in [0.25, 0.3) is 0 Å². The van der Waals surface area contributed by atoms with Crippen molar-refractivity contribution >= 4 is 29.7 Å². The molecule has 1 aromatic rings. The largest absolute Gasteiger partial charge is 0.348 e. The quantitative estimate of drug-likeness (QED) is 0.862. The lowest BCUT2D eigenvalue weighted by Crippen LogP contribution is -2.50. The average molecular weight is 294 g/mol. The molecule has 0 unspecified atom stereocenters. The van der Waals surface area contributed by atoms with E-state index in [1.807, 2.05) is 27.7 Å². The van der Waals surface area contributed by atoms with Crippen molar-refractivity contribution in [1.29, 1.82) is 0 Å². The molecule has 5 nitrogen and oxygen atoms in total. The van der Waals surface area contributed by atoms with E-state index in [9.17, 15) is 9.59 Å². The zero-order chi connectivity index (χ0) is 13.2. The SMILES string of the molecule is Cc1sc(=O)n(CC(=O)NC(C)(C)CN)c1C.Cl. The van der Waals surface area contributed by atoms with Gasteiger partial charge in [-0.25, -0.2) is 0 Å². The molecule has 0 aromatic carbocycles. The number of thiazole rings is 1. The second kappa shape index (κ2) is 6.36. The van der Waals surface area contributed by atoms with Crippen LogP contribution in [0, 0.1) is 13.8 Å². The molecule has 0 bridgehead atoms.